The number of nitrogens with one attached hydrogen (secondary N) is 2. The van der Waals surface area contributed by atoms with Crippen LogP contribution in [0.3, 0.4) is 0 Å². The summed E-state index contributed by atoms with van der Waals surface area (Å²) >= 11 is 0. The number of hydrogen-bond donors (Lipinski definition) is 2. The highest BCUT2D eigenvalue weighted by atomic mass is 32.2. The Balaban J connectivity index is 2.00. The predicted molar refractivity (Wildman–Crippen MR) is 90.4 cm³/mol. The molecule has 9 heteroatoms. The van der Waals surface area contributed by atoms with E-state index < -0.39 is 32.3 Å². The molecule has 0 aliphatic heterocycles. The molecule has 0 saturated carbocycles. The molecule has 0 aliphatic carbocycles. The summed E-state index contributed by atoms with van der Waals surface area (Å²) in [4.78, 5) is 23.3. The molecule has 26 heavy (non-hydrogen) atoms. The van der Waals surface area contributed by atoms with E-state index in [1.807, 2.05) is 6.92 Å². The Morgan fingerprint density at radius 3 is 1.69 bits per heavy atom. The predicted octanol–water partition coefficient (Wildman–Crippen LogP) is 2.32. The molecule has 0 radical (unpaired) electrons. The van der Waals surface area contributed by atoms with Gasteiger partial charge < -0.3 is 0 Å². The maximum absolute atomic E-state index is 12.5. The van der Waals surface area contributed by atoms with Crippen LogP contribution in [-0.2, 0) is 16.3 Å². The Kier molecular flexibility index (Phi) is 6.04. The minimum Gasteiger partial charge on any atom is -0.267 e. The summed E-state index contributed by atoms with van der Waals surface area (Å²) in [7, 11) is -4.72. The van der Waals surface area contributed by atoms with Gasteiger partial charge in [0.1, 0.15) is 0 Å². The van der Waals surface area contributed by atoms with Gasteiger partial charge in [-0.3, -0.25) is 20.4 Å². The van der Waals surface area contributed by atoms with E-state index >= 15 is 0 Å². The van der Waals surface area contributed by atoms with Crippen LogP contribution < -0.4 is 10.9 Å². The quantitative estimate of drug-likeness (QED) is 0.777. The van der Waals surface area contributed by atoms with Gasteiger partial charge >= 0.3 is 5.76 Å². The number of carbonyl (C=O) groups excluding carboxylic acids is 2. The van der Waals surface area contributed by atoms with Crippen LogP contribution in [0.5, 0.6) is 0 Å². The molecule has 0 saturated heterocycles. The summed E-state index contributed by atoms with van der Waals surface area (Å²) in [6.45, 7) is 1.98. The zero-order valence-electron chi connectivity index (χ0n) is 13.7. The molecule has 2 amide bonds. The lowest BCUT2D eigenvalue weighted by atomic mass is 10.1. The molecule has 6 nitrogen and oxygen atoms in total. The first kappa shape index (κ1) is 19.5. The molecule has 2 aromatic rings. The van der Waals surface area contributed by atoms with Crippen LogP contribution >= 0.6 is 0 Å². The topological polar surface area (TPSA) is 92.3 Å². The van der Waals surface area contributed by atoms with E-state index in [0.29, 0.717) is 5.56 Å². The van der Waals surface area contributed by atoms with Crippen LogP contribution in [-0.4, -0.2) is 26.0 Å². The number of rotatable bonds is 5. The highest BCUT2D eigenvalue weighted by molar-refractivity contribution is 7.91. The fourth-order valence-corrected chi connectivity index (χ4v) is 2.77. The molecule has 0 spiro atoms. The number of benzene rings is 2. The van der Waals surface area contributed by atoms with Crippen LogP contribution in [0.1, 0.15) is 33.2 Å². The summed E-state index contributed by atoms with van der Waals surface area (Å²) < 4.78 is 47.6. The maximum atomic E-state index is 12.5. The van der Waals surface area contributed by atoms with Crippen LogP contribution in [0.4, 0.5) is 8.78 Å². The number of amides is 2. The van der Waals surface area contributed by atoms with E-state index in [9.17, 15) is 26.8 Å². The minimum atomic E-state index is -4.72. The molecule has 0 aliphatic rings. The highest BCUT2D eigenvalue weighted by Crippen LogP contribution is 2.18. The normalized spacial score (nSPS) is 11.2. The second kappa shape index (κ2) is 8.05. The molecule has 0 bridgehead atoms. The zero-order chi connectivity index (χ0) is 19.3. The Hall–Kier alpha value is -2.81. The van der Waals surface area contributed by atoms with Gasteiger partial charge in [-0.2, -0.15) is 8.78 Å². The van der Waals surface area contributed by atoms with Crippen molar-refractivity contribution in [3.8, 4) is 0 Å². The largest absolute Gasteiger partial charge is 0.341 e. The average Bonchev–Trinajstić information content (AvgIpc) is 2.65. The van der Waals surface area contributed by atoms with Gasteiger partial charge in [0, 0.05) is 11.1 Å². The second-order valence-corrected chi connectivity index (χ2v) is 7.21. The maximum Gasteiger partial charge on any atom is 0.341 e. The van der Waals surface area contributed by atoms with Crippen molar-refractivity contribution in [2.24, 2.45) is 0 Å². The molecule has 2 rings (SSSR count). The molecular formula is C17H16F2N2O4S. The zero-order valence-corrected chi connectivity index (χ0v) is 14.5. The van der Waals surface area contributed by atoms with E-state index in [-0.39, 0.29) is 5.56 Å². The number of sulfone groups is 1. The van der Waals surface area contributed by atoms with Crippen molar-refractivity contribution in [3.63, 3.8) is 0 Å². The van der Waals surface area contributed by atoms with E-state index in [1.54, 1.807) is 24.3 Å². The lowest BCUT2D eigenvalue weighted by Gasteiger charge is -2.08. The molecule has 0 unspecified atom stereocenters. The number of halogens is 2. The summed E-state index contributed by atoms with van der Waals surface area (Å²) in [6, 6.07) is 10.8. The van der Waals surface area contributed by atoms with Crippen molar-refractivity contribution < 1.29 is 26.8 Å². The molecular weight excluding hydrogens is 366 g/mol. The van der Waals surface area contributed by atoms with Gasteiger partial charge in [-0.15, -0.1) is 0 Å². The lowest BCUT2D eigenvalue weighted by Crippen LogP contribution is -2.41. The minimum absolute atomic E-state index is 0.000141. The number of carbonyl (C=O) groups is 2. The van der Waals surface area contributed by atoms with Gasteiger partial charge in [-0.25, -0.2) is 8.42 Å². The van der Waals surface area contributed by atoms with Crippen molar-refractivity contribution in [2.45, 2.75) is 24.0 Å². The third-order valence-electron chi connectivity index (χ3n) is 3.59. The van der Waals surface area contributed by atoms with E-state index in [1.165, 1.54) is 0 Å². The van der Waals surface area contributed by atoms with Crippen LogP contribution in [0.15, 0.2) is 53.4 Å². The van der Waals surface area contributed by atoms with Gasteiger partial charge in [0.25, 0.3) is 11.8 Å². The van der Waals surface area contributed by atoms with Crippen molar-refractivity contribution in [1.29, 1.82) is 0 Å². The lowest BCUT2D eigenvalue weighted by molar-refractivity contribution is 0.0846. The molecule has 0 heterocycles. The fourth-order valence-electron chi connectivity index (χ4n) is 2.05. The van der Waals surface area contributed by atoms with Gasteiger partial charge in [-0.05, 0) is 48.4 Å². The first-order valence-corrected chi connectivity index (χ1v) is 9.12. The number of hydrogen-bond acceptors (Lipinski definition) is 4. The van der Waals surface area contributed by atoms with Crippen molar-refractivity contribution >= 4 is 21.7 Å². The standard InChI is InChI=1S/C17H16F2N2O4S/c1-2-11-3-5-12(6-4-11)15(22)20-21-16(23)13-7-9-14(10-8-13)26(24,25)17(18)19/h3-10,17H,2H2,1H3,(H,20,22)(H,21,23). The Bertz CT molecular complexity index is 895. The Labute approximate surface area is 149 Å². The van der Waals surface area contributed by atoms with Gasteiger partial charge in [0.05, 0.1) is 4.90 Å². The third-order valence-corrected chi connectivity index (χ3v) is 4.99. The van der Waals surface area contributed by atoms with Gasteiger partial charge in [0.15, 0.2) is 0 Å². The summed E-state index contributed by atoms with van der Waals surface area (Å²) in [5.41, 5.74) is 5.80. The van der Waals surface area contributed by atoms with Crippen molar-refractivity contribution in [2.75, 3.05) is 0 Å². The monoisotopic (exact) mass is 382 g/mol. The molecule has 0 atom stereocenters. The number of hydrazine groups is 1. The summed E-state index contributed by atoms with van der Waals surface area (Å²) in [5, 5.41) is 0. The fraction of sp³-hybridized carbons (Fsp3) is 0.176. The number of aryl methyl sites for hydroxylation is 1. The molecule has 0 aromatic heterocycles. The Morgan fingerprint density at radius 1 is 0.885 bits per heavy atom. The molecule has 0 fully saturated rings. The smallest absolute Gasteiger partial charge is 0.267 e. The first-order chi connectivity index (χ1) is 12.3. The Morgan fingerprint density at radius 2 is 1.31 bits per heavy atom. The van der Waals surface area contributed by atoms with Crippen molar-refractivity contribution in [3.05, 3.63) is 65.2 Å². The number of alkyl halides is 2. The van der Waals surface area contributed by atoms with Gasteiger partial charge in [-0.1, -0.05) is 19.1 Å². The SMILES string of the molecule is CCc1ccc(C(=O)NNC(=O)c2ccc(S(=O)(=O)C(F)F)cc2)cc1. The first-order valence-electron chi connectivity index (χ1n) is 7.57. The highest BCUT2D eigenvalue weighted by Gasteiger charge is 2.26. The molecule has 2 N–H and O–H groups in total. The third kappa shape index (κ3) is 4.42. The van der Waals surface area contributed by atoms with Crippen LogP contribution in [0, 0.1) is 0 Å². The second-order valence-electron chi connectivity index (χ2n) is 5.29. The van der Waals surface area contributed by atoms with Gasteiger partial charge in [0.2, 0.25) is 9.84 Å². The van der Waals surface area contributed by atoms with E-state index in [0.717, 1.165) is 36.2 Å². The summed E-state index contributed by atoms with van der Waals surface area (Å²) in [6.07, 6.45) is 0.829. The molecule has 2 aromatic carbocycles. The molecule has 138 valence electrons. The average molecular weight is 382 g/mol. The van der Waals surface area contributed by atoms with E-state index in [2.05, 4.69) is 10.9 Å². The van der Waals surface area contributed by atoms with E-state index in [4.69, 9.17) is 0 Å². The summed E-state index contributed by atoms with van der Waals surface area (Å²) in [5.74, 6) is -4.79. The van der Waals surface area contributed by atoms with Crippen LogP contribution in [0.25, 0.3) is 0 Å². The van der Waals surface area contributed by atoms with Crippen LogP contribution in [0.2, 0.25) is 0 Å². The van der Waals surface area contributed by atoms with Crippen molar-refractivity contribution in [1.82, 2.24) is 10.9 Å².